The Labute approximate surface area is 268 Å². The number of aromatic amines is 1. The Bertz CT molecular complexity index is 1910. The second-order valence-electron chi connectivity index (χ2n) is 10.6. The molecule has 46 heavy (non-hydrogen) atoms. The third-order valence-electron chi connectivity index (χ3n) is 7.66. The smallest absolute Gasteiger partial charge is 0.416 e. The lowest BCUT2D eigenvalue weighted by Gasteiger charge is -2.30. The van der Waals surface area contributed by atoms with Gasteiger partial charge in [-0.3, -0.25) is 19.2 Å². The van der Waals surface area contributed by atoms with Crippen LogP contribution in [0.1, 0.15) is 34.4 Å². The standard InChI is InChI=1S/C32H26F3N3O6S2/c1-3-43-22-13-17(11-12-21(22)44-15-23(39)36-20-10-5-4-7-16(20)2)24-25-27(45-28-26(24)46-31(42)37-28)30(41)38(29(25)40)19-9-6-8-18(14-19)32(33,34)35/h4-14,24-25,27H,3,15H2,1-2H3,(H,36,39)(H,37,42)/t24-,25-,27+/m0/s1. The molecule has 1 aromatic heterocycles. The summed E-state index contributed by atoms with van der Waals surface area (Å²) >= 11 is 1.92. The Morgan fingerprint density at radius 2 is 1.76 bits per heavy atom. The van der Waals surface area contributed by atoms with Crippen LogP contribution in [-0.4, -0.2) is 41.2 Å². The molecule has 6 rings (SSSR count). The quantitative estimate of drug-likeness (QED) is 0.222. The molecule has 1 fully saturated rings. The number of alkyl halides is 3. The van der Waals surface area contributed by atoms with Crippen LogP contribution in [0.25, 0.3) is 0 Å². The molecule has 2 aliphatic heterocycles. The zero-order valence-electron chi connectivity index (χ0n) is 24.3. The topological polar surface area (TPSA) is 118 Å². The normalized spacial score (nSPS) is 19.1. The number of nitrogens with zero attached hydrogens (tertiary/aromatic N) is 1. The predicted octanol–water partition coefficient (Wildman–Crippen LogP) is 5.98. The molecule has 0 spiro atoms. The summed E-state index contributed by atoms with van der Waals surface area (Å²) in [5.74, 6) is -3.03. The van der Waals surface area contributed by atoms with Crippen molar-refractivity contribution >= 4 is 52.2 Å². The highest BCUT2D eigenvalue weighted by Crippen LogP contribution is 2.54. The number of hydrogen-bond acceptors (Lipinski definition) is 8. The van der Waals surface area contributed by atoms with Crippen molar-refractivity contribution < 1.29 is 37.0 Å². The van der Waals surface area contributed by atoms with Gasteiger partial charge in [-0.05, 0) is 61.4 Å². The number of fused-ring (bicyclic) bond motifs is 2. The number of imide groups is 1. The summed E-state index contributed by atoms with van der Waals surface area (Å²) in [6, 6.07) is 16.3. The number of amides is 3. The first kappa shape index (κ1) is 31.4. The Morgan fingerprint density at radius 1 is 0.978 bits per heavy atom. The second kappa shape index (κ2) is 12.3. The van der Waals surface area contributed by atoms with Gasteiger partial charge in [-0.25, -0.2) is 4.90 Å². The zero-order valence-corrected chi connectivity index (χ0v) is 26.0. The number of hydrogen-bond donors (Lipinski definition) is 2. The molecule has 9 nitrogen and oxygen atoms in total. The number of rotatable bonds is 8. The number of aryl methyl sites for hydroxylation is 1. The van der Waals surface area contributed by atoms with E-state index in [0.29, 0.717) is 21.2 Å². The van der Waals surface area contributed by atoms with Crippen molar-refractivity contribution in [3.05, 3.63) is 98.0 Å². The van der Waals surface area contributed by atoms with Gasteiger partial charge in [0.2, 0.25) is 11.8 Å². The number of ether oxygens (including phenoxy) is 2. The van der Waals surface area contributed by atoms with Crippen molar-refractivity contribution in [2.45, 2.75) is 36.2 Å². The van der Waals surface area contributed by atoms with Gasteiger partial charge < -0.3 is 19.8 Å². The molecule has 3 aromatic carbocycles. The highest BCUT2D eigenvalue weighted by atomic mass is 32.2. The van der Waals surface area contributed by atoms with E-state index in [-0.39, 0.29) is 41.2 Å². The summed E-state index contributed by atoms with van der Waals surface area (Å²) in [4.78, 5) is 56.4. The number of anilines is 2. The molecule has 0 aliphatic carbocycles. The molecular weight excluding hydrogens is 643 g/mol. The van der Waals surface area contributed by atoms with Gasteiger partial charge >= 0.3 is 11.0 Å². The van der Waals surface area contributed by atoms with Crippen molar-refractivity contribution in [1.82, 2.24) is 4.98 Å². The fourth-order valence-corrected chi connectivity index (χ4v) is 8.12. The van der Waals surface area contributed by atoms with Gasteiger partial charge in [0.1, 0.15) is 5.25 Å². The van der Waals surface area contributed by atoms with Crippen molar-refractivity contribution in [1.29, 1.82) is 0 Å². The van der Waals surface area contributed by atoms with Crippen molar-refractivity contribution in [3.8, 4) is 11.5 Å². The van der Waals surface area contributed by atoms with Crippen molar-refractivity contribution in [2.24, 2.45) is 5.92 Å². The Hall–Kier alpha value is -4.56. The Kier molecular flexibility index (Phi) is 8.42. The molecule has 14 heteroatoms. The van der Waals surface area contributed by atoms with Crippen LogP contribution in [-0.2, 0) is 20.6 Å². The molecule has 2 aliphatic rings. The van der Waals surface area contributed by atoms with Crippen LogP contribution in [0.3, 0.4) is 0 Å². The Morgan fingerprint density at radius 3 is 2.50 bits per heavy atom. The average Bonchev–Trinajstić information content (AvgIpc) is 3.51. The van der Waals surface area contributed by atoms with Crippen LogP contribution in [0.4, 0.5) is 24.5 Å². The summed E-state index contributed by atoms with van der Waals surface area (Å²) < 4.78 is 52.1. The summed E-state index contributed by atoms with van der Waals surface area (Å²) in [5.41, 5.74) is 0.893. The van der Waals surface area contributed by atoms with Crippen LogP contribution in [0.2, 0.25) is 0 Å². The summed E-state index contributed by atoms with van der Waals surface area (Å²) in [6.45, 7) is 3.55. The largest absolute Gasteiger partial charge is 0.490 e. The summed E-state index contributed by atoms with van der Waals surface area (Å²) in [5, 5.41) is 2.21. The lowest BCUT2D eigenvalue weighted by atomic mass is 9.83. The van der Waals surface area contributed by atoms with E-state index in [0.717, 1.165) is 51.8 Å². The minimum atomic E-state index is -4.67. The van der Waals surface area contributed by atoms with E-state index in [2.05, 4.69) is 10.3 Å². The van der Waals surface area contributed by atoms with Crippen LogP contribution in [0, 0.1) is 12.8 Å². The van der Waals surface area contributed by atoms with Crippen molar-refractivity contribution in [2.75, 3.05) is 23.4 Å². The molecule has 2 N–H and O–H groups in total. The SMILES string of the molecule is CCOc1cc([C@@H]2c3sc(=O)[nH]c3S[C@H]3C(=O)N(c4cccc(C(F)(F)F)c4)C(=O)[C@@H]23)ccc1OCC(=O)Nc1ccccc1C. The van der Waals surface area contributed by atoms with E-state index in [1.165, 1.54) is 6.07 Å². The fraction of sp³-hybridized carbons (Fsp3) is 0.250. The number of thioether (sulfide) groups is 1. The first-order valence-electron chi connectivity index (χ1n) is 14.2. The molecule has 3 amide bonds. The zero-order chi connectivity index (χ0) is 32.7. The number of carbonyl (C=O) groups is 3. The van der Waals surface area contributed by atoms with Gasteiger partial charge in [0.15, 0.2) is 18.1 Å². The minimum absolute atomic E-state index is 0.182. The van der Waals surface area contributed by atoms with Gasteiger partial charge in [0.25, 0.3) is 5.91 Å². The minimum Gasteiger partial charge on any atom is -0.490 e. The van der Waals surface area contributed by atoms with Gasteiger partial charge in [0.05, 0.1) is 28.8 Å². The number of carbonyl (C=O) groups excluding carboxylic acids is 3. The second-order valence-corrected chi connectivity index (χ2v) is 12.8. The third kappa shape index (κ3) is 5.89. The number of para-hydroxylation sites is 1. The van der Waals surface area contributed by atoms with Gasteiger partial charge in [-0.1, -0.05) is 53.4 Å². The number of nitrogens with one attached hydrogen (secondary N) is 2. The first-order valence-corrected chi connectivity index (χ1v) is 15.9. The summed E-state index contributed by atoms with van der Waals surface area (Å²) in [6.07, 6.45) is -4.67. The first-order chi connectivity index (χ1) is 22.0. The van der Waals surface area contributed by atoms with E-state index in [1.54, 1.807) is 37.3 Å². The maximum absolute atomic E-state index is 14.0. The van der Waals surface area contributed by atoms with E-state index in [1.807, 2.05) is 19.1 Å². The number of halogens is 3. The molecule has 3 atom stereocenters. The molecule has 4 aromatic rings. The molecule has 1 saturated heterocycles. The van der Waals surface area contributed by atoms with E-state index < -0.39 is 40.6 Å². The lowest BCUT2D eigenvalue weighted by molar-refractivity contribution is -0.137. The molecular formula is C32H26F3N3O6S2. The third-order valence-corrected chi connectivity index (χ3v) is 10.1. The van der Waals surface area contributed by atoms with Gasteiger partial charge in [-0.2, -0.15) is 13.2 Å². The maximum Gasteiger partial charge on any atom is 0.416 e. The molecule has 0 radical (unpaired) electrons. The highest BCUT2D eigenvalue weighted by Gasteiger charge is 2.56. The van der Waals surface area contributed by atoms with Crippen LogP contribution in [0.15, 0.2) is 76.6 Å². The summed E-state index contributed by atoms with van der Waals surface area (Å²) in [7, 11) is 0. The molecule has 0 unspecified atom stereocenters. The van der Waals surface area contributed by atoms with Gasteiger partial charge in [-0.15, -0.1) is 0 Å². The highest BCUT2D eigenvalue weighted by molar-refractivity contribution is 8.00. The average molecular weight is 670 g/mol. The van der Waals surface area contributed by atoms with E-state index in [9.17, 15) is 32.3 Å². The lowest BCUT2D eigenvalue weighted by Crippen LogP contribution is -2.32. The van der Waals surface area contributed by atoms with Crippen LogP contribution >= 0.6 is 23.1 Å². The molecule has 3 heterocycles. The van der Waals surface area contributed by atoms with E-state index in [4.69, 9.17) is 9.47 Å². The van der Waals surface area contributed by atoms with E-state index >= 15 is 0 Å². The predicted molar refractivity (Wildman–Crippen MR) is 167 cm³/mol. The van der Waals surface area contributed by atoms with Crippen molar-refractivity contribution in [3.63, 3.8) is 0 Å². The number of benzene rings is 3. The fourth-order valence-electron chi connectivity index (χ4n) is 5.60. The molecule has 238 valence electrons. The number of H-pyrrole nitrogens is 1. The Balaban J connectivity index is 1.33. The van der Waals surface area contributed by atoms with Crippen LogP contribution in [0.5, 0.6) is 11.5 Å². The number of aromatic nitrogens is 1. The number of thiazole rings is 1. The van der Waals surface area contributed by atoms with Crippen LogP contribution < -0.4 is 24.6 Å². The monoisotopic (exact) mass is 669 g/mol. The molecule has 0 saturated carbocycles. The maximum atomic E-state index is 14.0. The molecule has 0 bridgehead atoms. The van der Waals surface area contributed by atoms with Gasteiger partial charge in [0, 0.05) is 16.5 Å².